The summed E-state index contributed by atoms with van der Waals surface area (Å²) in [6, 6.07) is 4.80. The predicted molar refractivity (Wildman–Crippen MR) is 92.7 cm³/mol. The van der Waals surface area contributed by atoms with Gasteiger partial charge in [-0.15, -0.1) is 0 Å². The molecule has 0 heterocycles. The maximum absolute atomic E-state index is 13.7. The van der Waals surface area contributed by atoms with E-state index in [1.807, 2.05) is 6.92 Å². The third kappa shape index (κ3) is 6.17. The molecule has 0 aromatic heterocycles. The quantitative estimate of drug-likeness (QED) is 0.383. The number of carbonyl (C=O) groups is 1. The monoisotopic (exact) mass is 384 g/mol. The van der Waals surface area contributed by atoms with Gasteiger partial charge in [-0.1, -0.05) is 15.9 Å². The molecule has 23 heavy (non-hydrogen) atoms. The van der Waals surface area contributed by atoms with Gasteiger partial charge in [-0.2, -0.15) is 0 Å². The van der Waals surface area contributed by atoms with Crippen LogP contribution >= 0.6 is 15.9 Å². The molecule has 1 fully saturated rings. The average molecular weight is 385 g/mol. The first-order valence-electron chi connectivity index (χ1n) is 7.84. The molecule has 1 aliphatic carbocycles. The van der Waals surface area contributed by atoms with E-state index < -0.39 is 0 Å². The average Bonchev–Trinajstić information content (AvgIpc) is 3.36. The normalized spacial score (nSPS) is 14.5. The summed E-state index contributed by atoms with van der Waals surface area (Å²) in [7, 11) is 0. The number of nitrogens with one attached hydrogen (secondary N) is 3. The van der Waals surface area contributed by atoms with E-state index in [1.54, 1.807) is 12.1 Å². The van der Waals surface area contributed by atoms with Crippen LogP contribution in [0, 0.1) is 11.7 Å². The maximum atomic E-state index is 13.7. The third-order valence-corrected chi connectivity index (χ3v) is 3.92. The molecule has 0 atom stereocenters. The Morgan fingerprint density at radius 2 is 2.04 bits per heavy atom. The minimum absolute atomic E-state index is 0.130. The zero-order valence-corrected chi connectivity index (χ0v) is 14.7. The summed E-state index contributed by atoms with van der Waals surface area (Å²) < 4.78 is 14.5. The summed E-state index contributed by atoms with van der Waals surface area (Å²) in [4.78, 5) is 15.9. The largest absolute Gasteiger partial charge is 0.357 e. The number of benzene rings is 1. The summed E-state index contributed by atoms with van der Waals surface area (Å²) in [6.45, 7) is 4.04. The molecule has 7 heteroatoms. The van der Waals surface area contributed by atoms with E-state index in [0.29, 0.717) is 31.2 Å². The van der Waals surface area contributed by atoms with Crippen LogP contribution in [0.3, 0.4) is 0 Å². The molecule has 1 saturated carbocycles. The molecule has 5 nitrogen and oxygen atoms in total. The standard InChI is InChI=1S/C16H22BrFN4O/c1-2-19-16(21-8-7-20-15(23)11-3-4-11)22-10-12-9-13(17)5-6-14(12)18/h5-6,9,11H,2-4,7-8,10H2,1H3,(H,20,23)(H2,19,21,22). The molecule has 1 amide bonds. The molecule has 1 aliphatic rings. The molecular weight excluding hydrogens is 363 g/mol. The van der Waals surface area contributed by atoms with Gasteiger partial charge in [0.05, 0.1) is 6.54 Å². The molecule has 0 radical (unpaired) electrons. The molecular formula is C16H22BrFN4O. The summed E-state index contributed by atoms with van der Waals surface area (Å²) >= 11 is 3.33. The van der Waals surface area contributed by atoms with Gasteiger partial charge in [0.25, 0.3) is 0 Å². The van der Waals surface area contributed by atoms with Crippen molar-refractivity contribution in [3.8, 4) is 0 Å². The van der Waals surface area contributed by atoms with Crippen molar-refractivity contribution < 1.29 is 9.18 Å². The van der Waals surface area contributed by atoms with E-state index in [-0.39, 0.29) is 24.2 Å². The Morgan fingerprint density at radius 3 is 2.74 bits per heavy atom. The number of carbonyl (C=O) groups excluding carboxylic acids is 1. The summed E-state index contributed by atoms with van der Waals surface area (Å²) in [6.07, 6.45) is 2.00. The fourth-order valence-electron chi connectivity index (χ4n) is 2.03. The van der Waals surface area contributed by atoms with Crippen molar-refractivity contribution >= 4 is 27.8 Å². The van der Waals surface area contributed by atoms with Crippen LogP contribution in [0.5, 0.6) is 0 Å². The number of hydrogen-bond donors (Lipinski definition) is 3. The number of aliphatic imine (C=N–C) groups is 1. The van der Waals surface area contributed by atoms with Crippen molar-refractivity contribution in [3.63, 3.8) is 0 Å². The fourth-order valence-corrected chi connectivity index (χ4v) is 2.44. The van der Waals surface area contributed by atoms with E-state index in [2.05, 4.69) is 36.9 Å². The van der Waals surface area contributed by atoms with Crippen LogP contribution in [-0.4, -0.2) is 31.5 Å². The molecule has 1 aromatic carbocycles. The molecule has 126 valence electrons. The van der Waals surface area contributed by atoms with Crippen molar-refractivity contribution in [2.24, 2.45) is 10.9 Å². The number of hydrogen-bond acceptors (Lipinski definition) is 2. The first-order valence-corrected chi connectivity index (χ1v) is 8.63. The van der Waals surface area contributed by atoms with Crippen LogP contribution in [0.4, 0.5) is 4.39 Å². The van der Waals surface area contributed by atoms with Crippen molar-refractivity contribution in [2.45, 2.75) is 26.3 Å². The lowest BCUT2D eigenvalue weighted by molar-refractivity contribution is -0.122. The second-order valence-electron chi connectivity index (χ2n) is 5.42. The number of guanidine groups is 1. The number of amides is 1. The van der Waals surface area contributed by atoms with Crippen LogP contribution in [-0.2, 0) is 11.3 Å². The van der Waals surface area contributed by atoms with Gasteiger partial charge in [0.1, 0.15) is 5.82 Å². The van der Waals surface area contributed by atoms with Gasteiger partial charge in [0, 0.05) is 35.6 Å². The molecule has 2 rings (SSSR count). The Bertz CT molecular complexity index is 575. The van der Waals surface area contributed by atoms with Crippen molar-refractivity contribution in [3.05, 3.63) is 34.1 Å². The second kappa shape index (κ2) is 8.86. The van der Waals surface area contributed by atoms with Crippen LogP contribution in [0.2, 0.25) is 0 Å². The predicted octanol–water partition coefficient (Wildman–Crippen LogP) is 2.17. The lowest BCUT2D eigenvalue weighted by Crippen LogP contribution is -2.41. The Kier molecular flexibility index (Phi) is 6.83. The van der Waals surface area contributed by atoms with Gasteiger partial charge in [0.15, 0.2) is 5.96 Å². The maximum Gasteiger partial charge on any atom is 0.223 e. The van der Waals surface area contributed by atoms with E-state index in [1.165, 1.54) is 6.07 Å². The van der Waals surface area contributed by atoms with E-state index >= 15 is 0 Å². The van der Waals surface area contributed by atoms with Crippen LogP contribution in [0.15, 0.2) is 27.7 Å². The van der Waals surface area contributed by atoms with Gasteiger partial charge in [-0.3, -0.25) is 4.79 Å². The molecule has 3 N–H and O–H groups in total. The highest BCUT2D eigenvalue weighted by molar-refractivity contribution is 9.10. The Labute approximate surface area is 144 Å². The number of halogens is 2. The van der Waals surface area contributed by atoms with E-state index in [4.69, 9.17) is 0 Å². The van der Waals surface area contributed by atoms with E-state index in [9.17, 15) is 9.18 Å². The second-order valence-corrected chi connectivity index (χ2v) is 6.34. The molecule has 1 aromatic rings. The molecule has 0 unspecified atom stereocenters. The van der Waals surface area contributed by atoms with Gasteiger partial charge >= 0.3 is 0 Å². The zero-order chi connectivity index (χ0) is 16.7. The van der Waals surface area contributed by atoms with Crippen molar-refractivity contribution in [2.75, 3.05) is 19.6 Å². The lowest BCUT2D eigenvalue weighted by Gasteiger charge is -2.12. The summed E-state index contributed by atoms with van der Waals surface area (Å²) in [5.74, 6) is 0.679. The highest BCUT2D eigenvalue weighted by atomic mass is 79.9. The van der Waals surface area contributed by atoms with Crippen molar-refractivity contribution in [1.82, 2.24) is 16.0 Å². The molecule has 0 aliphatic heterocycles. The number of rotatable bonds is 7. The van der Waals surface area contributed by atoms with Gasteiger partial charge in [0.2, 0.25) is 5.91 Å². The smallest absolute Gasteiger partial charge is 0.223 e. The highest BCUT2D eigenvalue weighted by Crippen LogP contribution is 2.28. The van der Waals surface area contributed by atoms with Gasteiger partial charge in [-0.05, 0) is 38.0 Å². The van der Waals surface area contributed by atoms with E-state index in [0.717, 1.165) is 17.3 Å². The zero-order valence-electron chi connectivity index (χ0n) is 13.2. The minimum Gasteiger partial charge on any atom is -0.357 e. The Morgan fingerprint density at radius 1 is 1.30 bits per heavy atom. The fraction of sp³-hybridized carbons (Fsp3) is 0.500. The first-order chi connectivity index (χ1) is 11.1. The SMILES string of the molecule is CCNC(=NCc1cc(Br)ccc1F)NCCNC(=O)C1CC1. The number of nitrogens with zero attached hydrogens (tertiary/aromatic N) is 1. The molecule has 0 spiro atoms. The van der Waals surface area contributed by atoms with Crippen LogP contribution < -0.4 is 16.0 Å². The topological polar surface area (TPSA) is 65.5 Å². The van der Waals surface area contributed by atoms with Crippen molar-refractivity contribution in [1.29, 1.82) is 0 Å². The molecule has 0 bridgehead atoms. The summed E-state index contributed by atoms with van der Waals surface area (Å²) in [5, 5.41) is 9.11. The third-order valence-electron chi connectivity index (χ3n) is 3.42. The first kappa shape index (κ1) is 17.7. The Hall–Kier alpha value is -1.63. The minimum atomic E-state index is -0.274. The van der Waals surface area contributed by atoms with Gasteiger partial charge in [-0.25, -0.2) is 9.38 Å². The van der Waals surface area contributed by atoms with Crippen LogP contribution in [0.25, 0.3) is 0 Å². The Balaban J connectivity index is 1.81. The highest BCUT2D eigenvalue weighted by Gasteiger charge is 2.28. The van der Waals surface area contributed by atoms with Gasteiger partial charge < -0.3 is 16.0 Å². The lowest BCUT2D eigenvalue weighted by atomic mass is 10.2. The summed E-state index contributed by atoms with van der Waals surface area (Å²) in [5.41, 5.74) is 0.526. The molecule has 0 saturated heterocycles. The van der Waals surface area contributed by atoms with Crippen LogP contribution in [0.1, 0.15) is 25.3 Å².